The van der Waals surface area contributed by atoms with Gasteiger partial charge in [0.15, 0.2) is 0 Å². The Morgan fingerprint density at radius 3 is 2.77 bits per heavy atom. The van der Waals surface area contributed by atoms with Gasteiger partial charge in [0.2, 0.25) is 5.79 Å². The normalized spacial score (nSPS) is 20.5. The minimum atomic E-state index is -1.11. The third-order valence-corrected chi connectivity index (χ3v) is 5.26. The Kier molecular flexibility index (Phi) is 6.33. The fourth-order valence-electron chi connectivity index (χ4n) is 3.34. The van der Waals surface area contributed by atoms with Gasteiger partial charge in [-0.15, -0.1) is 0 Å². The Balaban J connectivity index is 1.47. The van der Waals surface area contributed by atoms with Crippen LogP contribution in [0.2, 0.25) is 10.0 Å². The van der Waals surface area contributed by atoms with E-state index in [9.17, 15) is 4.79 Å². The number of primary amides is 1. The van der Waals surface area contributed by atoms with E-state index in [1.54, 1.807) is 55.0 Å². The van der Waals surface area contributed by atoms with Gasteiger partial charge >= 0.3 is 6.03 Å². The molecule has 1 fully saturated rings. The van der Waals surface area contributed by atoms with E-state index in [1.807, 2.05) is 10.8 Å². The van der Waals surface area contributed by atoms with Crippen molar-refractivity contribution in [2.75, 3.05) is 18.5 Å². The maximum absolute atomic E-state index is 10.9. The van der Waals surface area contributed by atoms with Crippen molar-refractivity contribution in [2.24, 2.45) is 5.73 Å². The van der Waals surface area contributed by atoms with E-state index in [-0.39, 0.29) is 12.7 Å². The number of amides is 2. The molecule has 0 saturated carbocycles. The summed E-state index contributed by atoms with van der Waals surface area (Å²) in [6, 6.07) is 11.4. The number of benzene rings is 2. The van der Waals surface area contributed by atoms with Gasteiger partial charge in [-0.2, -0.15) is 0 Å². The lowest BCUT2D eigenvalue weighted by molar-refractivity contribution is -0.189. The molecular formula is C21H20Cl2N4O4. The number of hydrogen-bond donors (Lipinski definition) is 2. The van der Waals surface area contributed by atoms with Crippen molar-refractivity contribution in [1.82, 2.24) is 9.55 Å². The van der Waals surface area contributed by atoms with Gasteiger partial charge < -0.3 is 29.8 Å². The van der Waals surface area contributed by atoms with Crippen LogP contribution >= 0.6 is 23.2 Å². The Morgan fingerprint density at radius 1 is 1.29 bits per heavy atom. The van der Waals surface area contributed by atoms with E-state index in [1.165, 1.54) is 0 Å². The summed E-state index contributed by atoms with van der Waals surface area (Å²) in [5, 5.41) is 3.47. The average Bonchev–Trinajstić information content (AvgIpc) is 3.38. The number of hydrogen-bond acceptors (Lipinski definition) is 5. The highest BCUT2D eigenvalue weighted by Crippen LogP contribution is 2.40. The van der Waals surface area contributed by atoms with Crippen LogP contribution in [0.3, 0.4) is 0 Å². The SMILES string of the molecule is NC(=O)Nc1ccc(OC[C@@H]2CO[C@@](Cn3ccnc3)(c3ccc(Cl)cc3Cl)O2)cc1. The molecule has 1 saturated heterocycles. The quantitative estimate of drug-likeness (QED) is 0.551. The van der Waals surface area contributed by atoms with E-state index < -0.39 is 11.8 Å². The molecule has 1 aromatic heterocycles. The second-order valence-corrected chi connectivity index (χ2v) is 7.83. The van der Waals surface area contributed by atoms with Gasteiger partial charge in [-0.05, 0) is 36.4 Å². The first kappa shape index (κ1) is 21.5. The van der Waals surface area contributed by atoms with Gasteiger partial charge in [-0.25, -0.2) is 9.78 Å². The molecule has 2 amide bonds. The lowest BCUT2D eigenvalue weighted by Crippen LogP contribution is -2.34. The van der Waals surface area contributed by atoms with E-state index >= 15 is 0 Å². The number of anilines is 1. The second kappa shape index (κ2) is 9.15. The molecule has 2 atom stereocenters. The Bertz CT molecular complexity index is 1050. The molecule has 162 valence electrons. The van der Waals surface area contributed by atoms with Gasteiger partial charge in [0.25, 0.3) is 0 Å². The fourth-order valence-corrected chi connectivity index (χ4v) is 3.89. The van der Waals surface area contributed by atoms with Crippen molar-refractivity contribution in [1.29, 1.82) is 0 Å². The van der Waals surface area contributed by atoms with Crippen LogP contribution in [0.5, 0.6) is 5.75 Å². The Labute approximate surface area is 188 Å². The third-order valence-electron chi connectivity index (χ3n) is 4.71. The summed E-state index contributed by atoms with van der Waals surface area (Å²) in [6.07, 6.45) is 4.86. The van der Waals surface area contributed by atoms with E-state index in [0.717, 1.165) is 0 Å². The predicted octanol–water partition coefficient (Wildman–Crippen LogP) is 4.03. The highest BCUT2D eigenvalue weighted by molar-refractivity contribution is 6.35. The number of rotatable bonds is 7. The number of aromatic nitrogens is 2. The van der Waals surface area contributed by atoms with Crippen LogP contribution in [0.15, 0.2) is 61.2 Å². The molecule has 1 aliphatic heterocycles. The van der Waals surface area contributed by atoms with Gasteiger partial charge in [-0.1, -0.05) is 29.3 Å². The largest absolute Gasteiger partial charge is 0.491 e. The number of nitrogens with zero attached hydrogens (tertiary/aromatic N) is 2. The van der Waals surface area contributed by atoms with Crippen LogP contribution in [0.1, 0.15) is 5.56 Å². The molecule has 2 aromatic carbocycles. The third kappa shape index (κ3) is 5.11. The summed E-state index contributed by atoms with van der Waals surface area (Å²) in [5.74, 6) is -0.485. The summed E-state index contributed by atoms with van der Waals surface area (Å²) in [5.41, 5.74) is 6.37. The lowest BCUT2D eigenvalue weighted by Gasteiger charge is -2.30. The van der Waals surface area contributed by atoms with Crippen LogP contribution < -0.4 is 15.8 Å². The maximum atomic E-state index is 10.9. The lowest BCUT2D eigenvalue weighted by atomic mass is 10.1. The van der Waals surface area contributed by atoms with Crippen LogP contribution in [0, 0.1) is 0 Å². The van der Waals surface area contributed by atoms with Crippen molar-refractivity contribution >= 4 is 34.9 Å². The zero-order valence-electron chi connectivity index (χ0n) is 16.3. The van der Waals surface area contributed by atoms with Gasteiger partial charge in [0, 0.05) is 28.7 Å². The number of imidazole rings is 1. The molecule has 0 bridgehead atoms. The maximum Gasteiger partial charge on any atom is 0.316 e. The van der Waals surface area contributed by atoms with Gasteiger partial charge in [0.05, 0.1) is 24.5 Å². The Hall–Kier alpha value is -2.78. The zero-order valence-corrected chi connectivity index (χ0v) is 17.8. The smallest absolute Gasteiger partial charge is 0.316 e. The predicted molar refractivity (Wildman–Crippen MR) is 116 cm³/mol. The average molecular weight is 463 g/mol. The highest BCUT2D eigenvalue weighted by Gasteiger charge is 2.45. The molecule has 4 rings (SSSR count). The minimum Gasteiger partial charge on any atom is -0.491 e. The summed E-state index contributed by atoms with van der Waals surface area (Å²) in [6.45, 7) is 0.937. The molecule has 0 aliphatic carbocycles. The number of nitrogens with one attached hydrogen (secondary N) is 1. The van der Waals surface area contributed by atoms with E-state index in [4.69, 9.17) is 43.1 Å². The first-order valence-electron chi connectivity index (χ1n) is 9.46. The van der Waals surface area contributed by atoms with E-state index in [2.05, 4.69) is 10.3 Å². The number of ether oxygens (including phenoxy) is 3. The molecular weight excluding hydrogens is 443 g/mol. The first-order valence-corrected chi connectivity index (χ1v) is 10.2. The molecule has 8 nitrogen and oxygen atoms in total. The monoisotopic (exact) mass is 462 g/mol. The molecule has 10 heteroatoms. The molecule has 1 aliphatic rings. The number of carbonyl (C=O) groups is 1. The Morgan fingerprint density at radius 2 is 2.10 bits per heavy atom. The van der Waals surface area contributed by atoms with Crippen molar-refractivity contribution in [3.63, 3.8) is 0 Å². The number of carbonyl (C=O) groups excluding carboxylic acids is 1. The highest BCUT2D eigenvalue weighted by atomic mass is 35.5. The summed E-state index contributed by atoms with van der Waals surface area (Å²) in [4.78, 5) is 15.0. The van der Waals surface area contributed by atoms with Crippen molar-refractivity contribution in [2.45, 2.75) is 18.4 Å². The molecule has 0 radical (unpaired) electrons. The molecule has 0 spiro atoms. The molecule has 0 unspecified atom stereocenters. The number of urea groups is 1. The van der Waals surface area contributed by atoms with Gasteiger partial charge in [-0.3, -0.25) is 0 Å². The second-order valence-electron chi connectivity index (χ2n) is 6.99. The summed E-state index contributed by atoms with van der Waals surface area (Å²) >= 11 is 12.5. The molecule has 3 N–H and O–H groups in total. The standard InChI is InChI=1S/C21H20Cl2N4O4/c22-14-1-6-18(19(23)9-14)21(12-27-8-7-25-13-27)30-11-17(31-21)10-29-16-4-2-15(3-5-16)26-20(24)28/h1-9,13,17H,10-12H2,(H3,24,26,28)/t17-,21-/m1/s1. The number of halogens is 2. The minimum absolute atomic E-state index is 0.263. The van der Waals surface area contributed by atoms with Crippen LogP contribution in [-0.4, -0.2) is 34.9 Å². The van der Waals surface area contributed by atoms with Gasteiger partial charge in [0.1, 0.15) is 18.5 Å². The van der Waals surface area contributed by atoms with Crippen LogP contribution in [0.4, 0.5) is 10.5 Å². The number of nitrogens with two attached hydrogens (primary N) is 1. The molecule has 31 heavy (non-hydrogen) atoms. The topological polar surface area (TPSA) is 101 Å². The van der Waals surface area contributed by atoms with Crippen LogP contribution in [0.25, 0.3) is 0 Å². The first-order chi connectivity index (χ1) is 14.9. The van der Waals surface area contributed by atoms with Crippen molar-refractivity contribution in [3.8, 4) is 5.75 Å². The zero-order chi connectivity index (χ0) is 21.8. The summed E-state index contributed by atoms with van der Waals surface area (Å²) < 4.78 is 20.2. The van der Waals surface area contributed by atoms with Crippen molar-refractivity contribution in [3.05, 3.63) is 76.8 Å². The molecule has 3 aromatic rings. The fraction of sp³-hybridized carbons (Fsp3) is 0.238. The van der Waals surface area contributed by atoms with Crippen molar-refractivity contribution < 1.29 is 19.0 Å². The van der Waals surface area contributed by atoms with Crippen LogP contribution in [-0.2, 0) is 21.8 Å². The van der Waals surface area contributed by atoms with E-state index in [0.29, 0.717) is 40.2 Å². The molecule has 2 heterocycles. The summed E-state index contributed by atoms with van der Waals surface area (Å²) in [7, 11) is 0.